The highest BCUT2D eigenvalue weighted by Crippen LogP contribution is 2.28. The van der Waals surface area contributed by atoms with Crippen molar-refractivity contribution in [3.63, 3.8) is 0 Å². The molecule has 0 aliphatic heterocycles. The fourth-order valence-corrected chi connectivity index (χ4v) is 1.19. The number of hydrogen-bond donors (Lipinski definition) is 3. The molecule has 1 aromatic carbocycles. The van der Waals surface area contributed by atoms with Crippen LogP contribution in [0.3, 0.4) is 0 Å². The largest absolute Gasteiger partial charge is 0.508 e. The van der Waals surface area contributed by atoms with Gasteiger partial charge in [-0.25, -0.2) is 0 Å². The number of hydrogen-bond acceptors (Lipinski definition) is 3. The Kier molecular flexibility index (Phi) is 2.28. The molecule has 0 saturated carbocycles. The molecule has 1 aromatic rings. The predicted molar refractivity (Wildman–Crippen MR) is 57.0 cm³/mol. The van der Waals surface area contributed by atoms with Crippen molar-refractivity contribution in [1.29, 1.82) is 0 Å². The van der Waals surface area contributed by atoms with E-state index < -0.39 is 0 Å². The Balaban J connectivity index is 3.52. The van der Waals surface area contributed by atoms with E-state index >= 15 is 0 Å². The van der Waals surface area contributed by atoms with Gasteiger partial charge in [-0.2, -0.15) is 0 Å². The zero-order chi connectivity index (χ0) is 10.0. The molecule has 3 heteroatoms. The molecule has 0 unspecified atom stereocenters. The summed E-state index contributed by atoms with van der Waals surface area (Å²) in [6, 6.07) is 3.29. The van der Waals surface area contributed by atoms with Crippen LogP contribution in [-0.4, -0.2) is 5.11 Å². The maximum Gasteiger partial charge on any atom is 0.118 e. The first kappa shape index (κ1) is 9.19. The van der Waals surface area contributed by atoms with Crippen LogP contribution in [0.5, 0.6) is 0 Å². The van der Waals surface area contributed by atoms with Crippen LogP contribution in [0.1, 0.15) is 11.1 Å². The fraction of sp³-hybridized carbons (Fsp3) is 0. The molecule has 0 atom stereocenters. The molecule has 13 heavy (non-hydrogen) atoms. The van der Waals surface area contributed by atoms with Gasteiger partial charge in [-0.15, -0.1) is 0 Å². The second kappa shape index (κ2) is 3.23. The topological polar surface area (TPSA) is 72.3 Å². The number of nitrogen functional groups attached to an aromatic ring is 2. The smallest absolute Gasteiger partial charge is 0.118 e. The number of benzene rings is 1. The maximum absolute atomic E-state index is 9.26. The van der Waals surface area contributed by atoms with Gasteiger partial charge in [-0.05, 0) is 12.1 Å². The van der Waals surface area contributed by atoms with Gasteiger partial charge >= 0.3 is 0 Å². The third-order valence-corrected chi connectivity index (χ3v) is 1.80. The molecule has 0 radical (unpaired) electrons. The molecule has 0 aliphatic carbocycles. The van der Waals surface area contributed by atoms with Gasteiger partial charge in [0.25, 0.3) is 0 Å². The standard InChI is InChI=1S/C10H12N2O/c1-3-7-8(11)4-5-9(12)10(7)6(2)13/h3-5,13H,1-2,11-12H2. The van der Waals surface area contributed by atoms with Gasteiger partial charge in [0.2, 0.25) is 0 Å². The zero-order valence-corrected chi connectivity index (χ0v) is 7.25. The van der Waals surface area contributed by atoms with Crippen LogP contribution in [0.4, 0.5) is 11.4 Å². The molecule has 0 amide bonds. The van der Waals surface area contributed by atoms with E-state index in [1.54, 1.807) is 18.2 Å². The Morgan fingerprint density at radius 3 is 2.23 bits per heavy atom. The van der Waals surface area contributed by atoms with E-state index in [9.17, 15) is 5.11 Å². The van der Waals surface area contributed by atoms with Gasteiger partial charge in [0.1, 0.15) is 5.76 Å². The molecular weight excluding hydrogens is 164 g/mol. The molecule has 1 rings (SSSR count). The molecule has 0 heterocycles. The van der Waals surface area contributed by atoms with Crippen LogP contribution in [0, 0.1) is 0 Å². The van der Waals surface area contributed by atoms with Crippen molar-refractivity contribution >= 4 is 23.2 Å². The van der Waals surface area contributed by atoms with Gasteiger partial charge in [0.05, 0.1) is 0 Å². The number of aliphatic hydroxyl groups excluding tert-OH is 1. The van der Waals surface area contributed by atoms with Crippen molar-refractivity contribution in [2.75, 3.05) is 11.5 Å². The molecule has 68 valence electrons. The van der Waals surface area contributed by atoms with E-state index in [2.05, 4.69) is 13.2 Å². The van der Waals surface area contributed by atoms with Crippen molar-refractivity contribution in [3.05, 3.63) is 36.4 Å². The van der Waals surface area contributed by atoms with Crippen molar-refractivity contribution in [2.45, 2.75) is 0 Å². The fourth-order valence-electron chi connectivity index (χ4n) is 1.19. The minimum absolute atomic E-state index is 0.0975. The Bertz CT molecular complexity index is 369. The van der Waals surface area contributed by atoms with Crippen molar-refractivity contribution < 1.29 is 5.11 Å². The lowest BCUT2D eigenvalue weighted by atomic mass is 10.0. The van der Waals surface area contributed by atoms with E-state index in [1.807, 2.05) is 0 Å². The Hall–Kier alpha value is -1.90. The predicted octanol–water partition coefficient (Wildman–Crippen LogP) is 2.02. The monoisotopic (exact) mass is 176 g/mol. The van der Waals surface area contributed by atoms with Crippen molar-refractivity contribution in [1.82, 2.24) is 0 Å². The Morgan fingerprint density at radius 1 is 1.31 bits per heavy atom. The van der Waals surface area contributed by atoms with Gasteiger partial charge in [-0.1, -0.05) is 19.2 Å². The molecule has 3 nitrogen and oxygen atoms in total. The number of rotatable bonds is 2. The van der Waals surface area contributed by atoms with Crippen molar-refractivity contribution in [2.24, 2.45) is 0 Å². The summed E-state index contributed by atoms with van der Waals surface area (Å²) in [5.74, 6) is -0.0975. The molecule has 0 aromatic heterocycles. The third kappa shape index (κ3) is 1.49. The van der Waals surface area contributed by atoms with Crippen LogP contribution in [0.15, 0.2) is 25.3 Å². The van der Waals surface area contributed by atoms with Crippen LogP contribution in [0.2, 0.25) is 0 Å². The van der Waals surface area contributed by atoms with E-state index in [1.165, 1.54) is 0 Å². The van der Waals surface area contributed by atoms with Crippen LogP contribution in [0.25, 0.3) is 11.8 Å². The summed E-state index contributed by atoms with van der Waals surface area (Å²) in [7, 11) is 0. The third-order valence-electron chi connectivity index (χ3n) is 1.80. The normalized spacial score (nSPS) is 9.54. The quantitative estimate of drug-likeness (QED) is 0.477. The highest BCUT2D eigenvalue weighted by Gasteiger charge is 2.09. The first-order valence-electron chi connectivity index (χ1n) is 3.76. The average Bonchev–Trinajstić information content (AvgIpc) is 2.07. The van der Waals surface area contributed by atoms with E-state index in [0.717, 1.165) is 0 Å². The average molecular weight is 176 g/mol. The van der Waals surface area contributed by atoms with Gasteiger partial charge in [-0.3, -0.25) is 0 Å². The second-order valence-electron chi connectivity index (χ2n) is 2.68. The number of nitrogens with two attached hydrogens (primary N) is 2. The minimum Gasteiger partial charge on any atom is -0.508 e. The first-order valence-corrected chi connectivity index (χ1v) is 3.76. The molecule has 0 spiro atoms. The van der Waals surface area contributed by atoms with Gasteiger partial charge in [0, 0.05) is 22.5 Å². The maximum atomic E-state index is 9.26. The van der Waals surface area contributed by atoms with E-state index in [0.29, 0.717) is 22.5 Å². The summed E-state index contributed by atoms with van der Waals surface area (Å²) in [6.45, 7) is 7.00. The summed E-state index contributed by atoms with van der Waals surface area (Å²) < 4.78 is 0. The number of aliphatic hydroxyl groups is 1. The lowest BCUT2D eigenvalue weighted by molar-refractivity contribution is 0.514. The summed E-state index contributed by atoms with van der Waals surface area (Å²) in [5.41, 5.74) is 13.3. The lowest BCUT2D eigenvalue weighted by Crippen LogP contribution is -2.00. The SMILES string of the molecule is C=Cc1c(N)ccc(N)c1C(=C)O. The Labute approximate surface area is 77.0 Å². The molecular formula is C10H12N2O. The zero-order valence-electron chi connectivity index (χ0n) is 7.25. The summed E-state index contributed by atoms with van der Waals surface area (Å²) in [5, 5.41) is 9.26. The first-order chi connectivity index (χ1) is 6.07. The second-order valence-corrected chi connectivity index (χ2v) is 2.68. The summed E-state index contributed by atoms with van der Waals surface area (Å²) in [4.78, 5) is 0. The summed E-state index contributed by atoms with van der Waals surface area (Å²) >= 11 is 0. The van der Waals surface area contributed by atoms with Crippen LogP contribution in [-0.2, 0) is 0 Å². The van der Waals surface area contributed by atoms with Crippen LogP contribution >= 0.6 is 0 Å². The molecule has 5 N–H and O–H groups in total. The molecule has 0 saturated heterocycles. The van der Waals surface area contributed by atoms with E-state index in [4.69, 9.17) is 11.5 Å². The Morgan fingerprint density at radius 2 is 1.85 bits per heavy atom. The van der Waals surface area contributed by atoms with Crippen molar-refractivity contribution in [3.8, 4) is 0 Å². The highest BCUT2D eigenvalue weighted by molar-refractivity contribution is 5.83. The molecule has 0 aliphatic rings. The molecule has 0 fully saturated rings. The summed E-state index contributed by atoms with van der Waals surface area (Å²) in [6.07, 6.45) is 1.54. The number of anilines is 2. The molecule has 0 bridgehead atoms. The lowest BCUT2D eigenvalue weighted by Gasteiger charge is -2.10. The minimum atomic E-state index is -0.0975. The van der Waals surface area contributed by atoms with Crippen LogP contribution < -0.4 is 11.5 Å². The van der Waals surface area contributed by atoms with Gasteiger partial charge in [0.15, 0.2) is 0 Å². The van der Waals surface area contributed by atoms with Gasteiger partial charge < -0.3 is 16.6 Å². The highest BCUT2D eigenvalue weighted by atomic mass is 16.3. The van der Waals surface area contributed by atoms with E-state index in [-0.39, 0.29) is 5.76 Å².